The van der Waals surface area contributed by atoms with Gasteiger partial charge in [0.15, 0.2) is 0 Å². The summed E-state index contributed by atoms with van der Waals surface area (Å²) >= 11 is 0. The molecule has 5 aromatic rings. The van der Waals surface area contributed by atoms with Crippen LogP contribution in [0, 0.1) is 6.92 Å². The van der Waals surface area contributed by atoms with Crippen molar-refractivity contribution < 1.29 is 24.2 Å². The number of furan rings is 1. The Kier molecular flexibility index (Phi) is 6.34. The summed E-state index contributed by atoms with van der Waals surface area (Å²) in [5.41, 5.74) is 5.13. The van der Waals surface area contributed by atoms with Gasteiger partial charge in [-0.3, -0.25) is 4.79 Å². The second kappa shape index (κ2) is 9.98. The van der Waals surface area contributed by atoms with Gasteiger partial charge in [0.2, 0.25) is 0 Å². The van der Waals surface area contributed by atoms with Crippen LogP contribution in [0.3, 0.4) is 0 Å². The molecule has 0 unspecified atom stereocenters. The minimum absolute atomic E-state index is 0.0623. The molecule has 0 spiro atoms. The van der Waals surface area contributed by atoms with E-state index in [9.17, 15) is 19.8 Å². The smallest absolute Gasteiger partial charge is 0.326 e. The van der Waals surface area contributed by atoms with E-state index in [0.29, 0.717) is 28.1 Å². The number of amides is 1. The molecule has 9 nitrogen and oxygen atoms in total. The van der Waals surface area contributed by atoms with E-state index in [-0.39, 0.29) is 12.2 Å². The molecule has 1 fully saturated rings. The molecule has 0 radical (unpaired) electrons. The first-order chi connectivity index (χ1) is 18.9. The van der Waals surface area contributed by atoms with E-state index in [4.69, 9.17) is 9.40 Å². The van der Waals surface area contributed by atoms with Gasteiger partial charge in [-0.05, 0) is 67.3 Å². The van der Waals surface area contributed by atoms with Crippen molar-refractivity contribution in [3.05, 3.63) is 71.8 Å². The summed E-state index contributed by atoms with van der Waals surface area (Å²) in [6, 6.07) is 9.66. The van der Waals surface area contributed by atoms with Crippen LogP contribution >= 0.6 is 0 Å². The first-order valence-electron chi connectivity index (χ1n) is 13.3. The van der Waals surface area contributed by atoms with E-state index in [0.717, 1.165) is 40.8 Å². The molecular weight excluding hydrogens is 496 g/mol. The average Bonchev–Trinajstić information content (AvgIpc) is 3.67. The number of phenols is 1. The normalized spacial score (nSPS) is 15.1. The lowest BCUT2D eigenvalue weighted by atomic mass is 9.94. The largest absolute Gasteiger partial charge is 0.508 e. The van der Waals surface area contributed by atoms with Crippen LogP contribution in [0.1, 0.15) is 59.6 Å². The van der Waals surface area contributed by atoms with Crippen molar-refractivity contribution in [1.29, 1.82) is 0 Å². The van der Waals surface area contributed by atoms with E-state index in [1.807, 2.05) is 19.1 Å². The zero-order chi connectivity index (χ0) is 27.1. The van der Waals surface area contributed by atoms with E-state index in [2.05, 4.69) is 14.9 Å². The lowest BCUT2D eigenvalue weighted by molar-refractivity contribution is -0.139. The lowest BCUT2D eigenvalue weighted by Gasteiger charge is -2.25. The third kappa shape index (κ3) is 4.65. The number of carbonyl (C=O) groups is 2. The number of hydrogen-bond acceptors (Lipinski definition) is 5. The Balaban J connectivity index is 1.33. The van der Waals surface area contributed by atoms with E-state index in [1.54, 1.807) is 43.0 Å². The van der Waals surface area contributed by atoms with Gasteiger partial charge >= 0.3 is 5.97 Å². The second-order valence-electron chi connectivity index (χ2n) is 10.4. The van der Waals surface area contributed by atoms with Crippen LogP contribution in [-0.2, 0) is 11.2 Å². The Morgan fingerprint density at radius 2 is 2.00 bits per heavy atom. The molecule has 3 heterocycles. The van der Waals surface area contributed by atoms with Crippen molar-refractivity contribution >= 4 is 33.8 Å². The van der Waals surface area contributed by atoms with Crippen LogP contribution in [0.25, 0.3) is 33.3 Å². The topological polar surface area (TPSA) is 133 Å². The predicted octanol–water partition coefficient (Wildman–Crippen LogP) is 5.72. The maximum atomic E-state index is 13.4. The molecule has 1 amide bonds. The highest BCUT2D eigenvalue weighted by molar-refractivity contribution is 6.01. The molecule has 1 aliphatic carbocycles. The van der Waals surface area contributed by atoms with Crippen LogP contribution in [0.2, 0.25) is 0 Å². The molecule has 1 atom stereocenters. The molecule has 2 aromatic carbocycles. The van der Waals surface area contributed by atoms with Gasteiger partial charge in [-0.25, -0.2) is 9.78 Å². The minimum atomic E-state index is -1.16. The summed E-state index contributed by atoms with van der Waals surface area (Å²) < 4.78 is 7.62. The zero-order valence-electron chi connectivity index (χ0n) is 21.6. The van der Waals surface area contributed by atoms with Crippen LogP contribution in [0.15, 0.2) is 59.5 Å². The molecule has 4 N–H and O–H groups in total. The first kappa shape index (κ1) is 24.8. The second-order valence-corrected chi connectivity index (χ2v) is 10.4. The summed E-state index contributed by atoms with van der Waals surface area (Å²) in [6.07, 6.45) is 10.8. The number of rotatable bonds is 7. The standard InChI is InChI=1S/C30H30N4O5/c1-17-11-27-25(32-28(18-9-10-39-16-18)34(27)20-5-3-2-4-6-20)14-22(17)29(36)33-26(30(37)38)12-19-15-31-24-8-7-21(35)13-23(19)24/h7-11,13-16,20,26,31,35H,2-6,12H2,1H3,(H,33,36)(H,37,38)/t26-/m0/s1. The molecule has 200 valence electrons. The van der Waals surface area contributed by atoms with Gasteiger partial charge in [0.25, 0.3) is 5.91 Å². The molecule has 0 bridgehead atoms. The van der Waals surface area contributed by atoms with Crippen LogP contribution < -0.4 is 5.32 Å². The highest BCUT2D eigenvalue weighted by Gasteiger charge is 2.26. The molecule has 3 aromatic heterocycles. The van der Waals surface area contributed by atoms with Crippen LogP contribution in [0.5, 0.6) is 5.75 Å². The van der Waals surface area contributed by atoms with Crippen molar-refractivity contribution in [3.63, 3.8) is 0 Å². The molecule has 1 saturated carbocycles. The van der Waals surface area contributed by atoms with Crippen LogP contribution in [0.4, 0.5) is 0 Å². The number of aromatic nitrogens is 3. The number of H-pyrrole nitrogens is 1. The number of carboxylic acid groups (broad SMARTS) is 1. The third-order valence-corrected chi connectivity index (χ3v) is 7.78. The zero-order valence-corrected chi connectivity index (χ0v) is 21.6. The summed E-state index contributed by atoms with van der Waals surface area (Å²) in [5, 5.41) is 23.2. The fourth-order valence-electron chi connectivity index (χ4n) is 5.79. The van der Waals surface area contributed by atoms with E-state index < -0.39 is 17.9 Å². The van der Waals surface area contributed by atoms with Gasteiger partial charge in [-0.1, -0.05) is 19.3 Å². The highest BCUT2D eigenvalue weighted by Crippen LogP contribution is 2.37. The molecule has 6 rings (SSSR count). The first-order valence-corrected chi connectivity index (χ1v) is 13.3. The number of carbonyl (C=O) groups excluding carboxylic acids is 1. The maximum Gasteiger partial charge on any atom is 0.326 e. The fourth-order valence-corrected chi connectivity index (χ4v) is 5.79. The van der Waals surface area contributed by atoms with Crippen LogP contribution in [-0.4, -0.2) is 42.7 Å². The number of benzene rings is 2. The lowest BCUT2D eigenvalue weighted by Crippen LogP contribution is -2.42. The van der Waals surface area contributed by atoms with Gasteiger partial charge in [0.05, 0.1) is 22.9 Å². The predicted molar refractivity (Wildman–Crippen MR) is 147 cm³/mol. The summed E-state index contributed by atoms with van der Waals surface area (Å²) in [6.45, 7) is 1.86. The number of imidazole rings is 1. The number of nitrogens with zero attached hydrogens (tertiary/aromatic N) is 2. The molecular formula is C30H30N4O5. The SMILES string of the molecule is Cc1cc2c(cc1C(=O)N[C@@H](Cc1c[nH]c3ccc(O)cc13)C(=O)O)nc(-c1ccoc1)n2C1CCCCC1. The quantitative estimate of drug-likeness (QED) is 0.214. The number of carboxylic acids is 1. The van der Waals surface area contributed by atoms with Crippen molar-refractivity contribution in [3.8, 4) is 17.1 Å². The van der Waals surface area contributed by atoms with Crippen molar-refractivity contribution in [1.82, 2.24) is 19.9 Å². The third-order valence-electron chi connectivity index (χ3n) is 7.78. The van der Waals surface area contributed by atoms with Crippen molar-refractivity contribution in [2.75, 3.05) is 0 Å². The van der Waals surface area contributed by atoms with Gasteiger partial charge in [-0.15, -0.1) is 0 Å². The highest BCUT2D eigenvalue weighted by atomic mass is 16.4. The summed E-state index contributed by atoms with van der Waals surface area (Å²) in [5.74, 6) is -0.707. The fraction of sp³-hybridized carbons (Fsp3) is 0.300. The van der Waals surface area contributed by atoms with Gasteiger partial charge in [0, 0.05) is 35.1 Å². The number of aromatic amines is 1. The Morgan fingerprint density at radius 1 is 1.18 bits per heavy atom. The molecule has 0 aliphatic heterocycles. The Hall–Kier alpha value is -4.53. The number of hydrogen-bond donors (Lipinski definition) is 4. The van der Waals surface area contributed by atoms with Crippen molar-refractivity contribution in [2.45, 2.75) is 57.5 Å². The minimum Gasteiger partial charge on any atom is -0.508 e. The van der Waals surface area contributed by atoms with Gasteiger partial charge in [-0.2, -0.15) is 0 Å². The molecule has 9 heteroatoms. The number of phenolic OH excluding ortho intramolecular Hbond substituents is 1. The number of fused-ring (bicyclic) bond motifs is 2. The van der Waals surface area contributed by atoms with Gasteiger partial charge < -0.3 is 29.5 Å². The van der Waals surface area contributed by atoms with Gasteiger partial charge in [0.1, 0.15) is 23.9 Å². The molecule has 1 aliphatic rings. The number of aromatic hydroxyl groups is 1. The average molecular weight is 527 g/mol. The Labute approximate surface area is 224 Å². The van der Waals surface area contributed by atoms with Crippen molar-refractivity contribution in [2.24, 2.45) is 0 Å². The summed E-state index contributed by atoms with van der Waals surface area (Å²) in [7, 11) is 0. The number of nitrogens with one attached hydrogen (secondary N) is 2. The molecule has 0 saturated heterocycles. The Bertz CT molecular complexity index is 1670. The van der Waals surface area contributed by atoms with E-state index >= 15 is 0 Å². The monoisotopic (exact) mass is 526 g/mol. The summed E-state index contributed by atoms with van der Waals surface area (Å²) in [4.78, 5) is 33.6. The maximum absolute atomic E-state index is 13.4. The van der Waals surface area contributed by atoms with E-state index in [1.165, 1.54) is 19.3 Å². The Morgan fingerprint density at radius 3 is 2.74 bits per heavy atom. The number of aryl methyl sites for hydroxylation is 1. The molecule has 39 heavy (non-hydrogen) atoms. The number of aliphatic carboxylic acids is 1.